The van der Waals surface area contributed by atoms with Gasteiger partial charge < -0.3 is 26.0 Å². The first-order valence-corrected chi connectivity index (χ1v) is 12.2. The molecule has 0 spiro atoms. The summed E-state index contributed by atoms with van der Waals surface area (Å²) in [6.07, 6.45) is 4.37. The number of para-hydroxylation sites is 1. The van der Waals surface area contributed by atoms with Crippen molar-refractivity contribution in [2.45, 2.75) is 58.2 Å². The Bertz CT molecular complexity index is 1300. The number of anilines is 1. The number of aryl methyl sites for hydroxylation is 1. The molecule has 39 heavy (non-hydrogen) atoms. The van der Waals surface area contributed by atoms with Gasteiger partial charge in [-0.1, -0.05) is 42.3 Å². The van der Waals surface area contributed by atoms with Crippen molar-refractivity contribution in [3.63, 3.8) is 0 Å². The maximum absolute atomic E-state index is 13.9. The van der Waals surface area contributed by atoms with E-state index >= 15 is 0 Å². The van der Waals surface area contributed by atoms with Crippen LogP contribution in [0.15, 0.2) is 48.5 Å². The molecule has 0 heterocycles. The summed E-state index contributed by atoms with van der Waals surface area (Å²) in [5.41, 5.74) is 6.36. The fourth-order valence-electron chi connectivity index (χ4n) is 3.80. The number of hydrogen-bond acceptors (Lipinski definition) is 6. The van der Waals surface area contributed by atoms with Gasteiger partial charge in [-0.15, -0.1) is 6.42 Å². The van der Waals surface area contributed by atoms with Crippen LogP contribution in [0.5, 0.6) is 0 Å². The molecule has 0 bridgehead atoms. The number of rotatable bonds is 10. The smallest absolute Gasteiger partial charge is 0.408 e. The van der Waals surface area contributed by atoms with E-state index < -0.39 is 48.0 Å². The van der Waals surface area contributed by atoms with Crippen LogP contribution in [0.25, 0.3) is 0 Å². The zero-order chi connectivity index (χ0) is 29.2. The summed E-state index contributed by atoms with van der Waals surface area (Å²) in [7, 11) is 0. The Balaban J connectivity index is 2.58. The highest BCUT2D eigenvalue weighted by atomic mass is 16.6. The third-order valence-electron chi connectivity index (χ3n) is 5.57. The van der Waals surface area contributed by atoms with E-state index in [-0.39, 0.29) is 12.8 Å². The second-order valence-corrected chi connectivity index (χ2v) is 9.77. The summed E-state index contributed by atoms with van der Waals surface area (Å²) in [6, 6.07) is 12.9. The number of nitrogens with two attached hydrogens (primary N) is 1. The van der Waals surface area contributed by atoms with E-state index in [1.54, 1.807) is 57.2 Å². The summed E-state index contributed by atoms with van der Waals surface area (Å²) < 4.78 is 5.28. The van der Waals surface area contributed by atoms with Crippen LogP contribution in [0.1, 0.15) is 56.3 Å². The molecule has 0 radical (unpaired) electrons. The average Bonchev–Trinajstić information content (AvgIpc) is 2.86. The van der Waals surface area contributed by atoms with Crippen LogP contribution in [0.3, 0.4) is 0 Å². The van der Waals surface area contributed by atoms with Gasteiger partial charge in [0.05, 0.1) is 6.07 Å². The van der Waals surface area contributed by atoms with Gasteiger partial charge in [0.15, 0.2) is 0 Å². The number of carbonyl (C=O) groups is 4. The SMILES string of the molecule is C#Cc1ccccc1C(C(=O)Nc1ccccc1C)N(CC#N)C(=O)C(CCC(N)=O)NC(=O)OC(C)(C)C. The Morgan fingerprint density at radius 3 is 2.33 bits per heavy atom. The average molecular weight is 532 g/mol. The number of hydrogen-bond donors (Lipinski definition) is 3. The van der Waals surface area contributed by atoms with Crippen LogP contribution in [-0.4, -0.2) is 46.9 Å². The summed E-state index contributed by atoms with van der Waals surface area (Å²) >= 11 is 0. The van der Waals surface area contributed by atoms with Crippen molar-refractivity contribution < 1.29 is 23.9 Å². The molecular formula is C29H33N5O5. The van der Waals surface area contributed by atoms with Gasteiger partial charge in [0.25, 0.3) is 5.91 Å². The number of nitrogens with zero attached hydrogens (tertiary/aromatic N) is 2. The molecule has 4 N–H and O–H groups in total. The van der Waals surface area contributed by atoms with Crippen molar-refractivity contribution in [3.05, 3.63) is 65.2 Å². The molecule has 0 saturated heterocycles. The van der Waals surface area contributed by atoms with Crippen LogP contribution in [0, 0.1) is 30.6 Å². The van der Waals surface area contributed by atoms with Crippen LogP contribution in [0.2, 0.25) is 0 Å². The van der Waals surface area contributed by atoms with E-state index in [0.717, 1.165) is 10.5 Å². The van der Waals surface area contributed by atoms with E-state index in [4.69, 9.17) is 16.9 Å². The molecule has 0 aliphatic rings. The Labute approximate surface area is 228 Å². The maximum Gasteiger partial charge on any atom is 0.408 e. The monoisotopic (exact) mass is 531 g/mol. The van der Waals surface area contributed by atoms with Gasteiger partial charge in [-0.25, -0.2) is 4.79 Å². The molecule has 4 amide bonds. The number of terminal acetylenes is 1. The fourth-order valence-corrected chi connectivity index (χ4v) is 3.80. The predicted molar refractivity (Wildman–Crippen MR) is 146 cm³/mol. The number of ether oxygens (including phenoxy) is 1. The van der Waals surface area contributed by atoms with Gasteiger partial charge >= 0.3 is 6.09 Å². The van der Waals surface area contributed by atoms with Crippen LogP contribution >= 0.6 is 0 Å². The molecule has 204 valence electrons. The Hall–Kier alpha value is -4.83. The number of nitrogens with one attached hydrogen (secondary N) is 2. The highest BCUT2D eigenvalue weighted by molar-refractivity contribution is 6.00. The largest absolute Gasteiger partial charge is 0.444 e. The third-order valence-corrected chi connectivity index (χ3v) is 5.57. The lowest BCUT2D eigenvalue weighted by Crippen LogP contribution is -2.52. The molecule has 2 aromatic carbocycles. The zero-order valence-electron chi connectivity index (χ0n) is 22.5. The summed E-state index contributed by atoms with van der Waals surface area (Å²) in [4.78, 5) is 52.8. The number of nitriles is 1. The summed E-state index contributed by atoms with van der Waals surface area (Å²) in [6.45, 7) is 6.24. The van der Waals surface area contributed by atoms with Gasteiger partial charge in [-0.05, 0) is 57.4 Å². The van der Waals surface area contributed by atoms with E-state index in [2.05, 4.69) is 16.6 Å². The minimum atomic E-state index is -1.35. The van der Waals surface area contributed by atoms with Gasteiger partial charge in [0, 0.05) is 17.7 Å². The van der Waals surface area contributed by atoms with E-state index in [1.807, 2.05) is 25.1 Å². The van der Waals surface area contributed by atoms with E-state index in [9.17, 15) is 24.4 Å². The van der Waals surface area contributed by atoms with Crippen molar-refractivity contribution in [2.24, 2.45) is 5.73 Å². The number of alkyl carbamates (subject to hydrolysis) is 1. The summed E-state index contributed by atoms with van der Waals surface area (Å²) in [5.74, 6) is 0.406. The van der Waals surface area contributed by atoms with Gasteiger partial charge in [-0.2, -0.15) is 5.26 Å². The van der Waals surface area contributed by atoms with Crippen LogP contribution in [-0.2, 0) is 19.1 Å². The Kier molecular flexibility index (Phi) is 10.6. The van der Waals surface area contributed by atoms with Crippen molar-refractivity contribution in [3.8, 4) is 18.4 Å². The molecule has 0 fully saturated rings. The first kappa shape index (κ1) is 30.4. The molecule has 2 atom stereocenters. The number of benzene rings is 2. The molecule has 2 unspecified atom stereocenters. The molecule has 2 rings (SSSR count). The minimum Gasteiger partial charge on any atom is -0.444 e. The summed E-state index contributed by atoms with van der Waals surface area (Å²) in [5, 5.41) is 14.9. The van der Waals surface area contributed by atoms with Gasteiger partial charge in [0.1, 0.15) is 24.2 Å². The Morgan fingerprint density at radius 1 is 1.10 bits per heavy atom. The predicted octanol–water partition coefficient (Wildman–Crippen LogP) is 3.17. The highest BCUT2D eigenvalue weighted by Gasteiger charge is 2.37. The quantitative estimate of drug-likeness (QED) is 0.316. The first-order valence-electron chi connectivity index (χ1n) is 12.2. The van der Waals surface area contributed by atoms with Crippen molar-refractivity contribution >= 4 is 29.5 Å². The molecule has 10 nitrogen and oxygen atoms in total. The number of amides is 4. The maximum atomic E-state index is 13.9. The molecule has 0 aliphatic heterocycles. The second kappa shape index (κ2) is 13.6. The lowest BCUT2D eigenvalue weighted by atomic mass is 9.97. The molecule has 0 saturated carbocycles. The molecule has 10 heteroatoms. The minimum absolute atomic E-state index is 0.182. The Morgan fingerprint density at radius 2 is 1.74 bits per heavy atom. The number of primary amides is 1. The molecular weight excluding hydrogens is 498 g/mol. The van der Waals surface area contributed by atoms with Crippen LogP contribution in [0.4, 0.5) is 10.5 Å². The van der Waals surface area contributed by atoms with Crippen molar-refractivity contribution in [2.75, 3.05) is 11.9 Å². The zero-order valence-corrected chi connectivity index (χ0v) is 22.5. The van der Waals surface area contributed by atoms with E-state index in [1.165, 1.54) is 0 Å². The fraction of sp³-hybridized carbons (Fsp3) is 0.345. The molecule has 0 aliphatic carbocycles. The number of carbonyl (C=O) groups excluding carboxylic acids is 4. The second-order valence-electron chi connectivity index (χ2n) is 9.77. The normalized spacial score (nSPS) is 12.2. The van der Waals surface area contributed by atoms with Crippen molar-refractivity contribution in [1.82, 2.24) is 10.2 Å². The lowest BCUT2D eigenvalue weighted by molar-refractivity contribution is -0.140. The standard InChI is InChI=1S/C29H33N5O5/c1-6-20-12-8-9-13-21(20)25(26(36)32-22-14-10-7-11-19(22)2)34(18-17-30)27(37)23(15-16-24(31)35)33-28(38)39-29(3,4)5/h1,7-14,23,25H,15-16,18H2,2-5H3,(H2,31,35)(H,32,36)(H,33,38). The van der Waals surface area contributed by atoms with Crippen LogP contribution < -0.4 is 16.4 Å². The highest BCUT2D eigenvalue weighted by Crippen LogP contribution is 2.28. The van der Waals surface area contributed by atoms with Gasteiger partial charge in [0.2, 0.25) is 11.8 Å². The van der Waals surface area contributed by atoms with Gasteiger partial charge in [-0.3, -0.25) is 14.4 Å². The first-order chi connectivity index (χ1) is 18.4. The van der Waals surface area contributed by atoms with E-state index in [0.29, 0.717) is 16.8 Å². The molecule has 2 aromatic rings. The lowest BCUT2D eigenvalue weighted by Gasteiger charge is -2.33. The molecule has 0 aromatic heterocycles. The topological polar surface area (TPSA) is 155 Å². The van der Waals surface area contributed by atoms with Crippen molar-refractivity contribution in [1.29, 1.82) is 5.26 Å². The third kappa shape index (κ3) is 8.90.